The molecule has 1 aliphatic heterocycles. The molecule has 1 aromatic heterocycles. The third-order valence-corrected chi connectivity index (χ3v) is 2.81. The largest absolute Gasteiger partial charge is 0.394 e. The first-order valence-electron chi connectivity index (χ1n) is 5.55. The van der Waals surface area contributed by atoms with Gasteiger partial charge in [-0.05, 0) is 0 Å². The maximum absolute atomic E-state index is 13.7. The Balaban J connectivity index is 2.23. The minimum atomic E-state index is -1.89. The second-order valence-electron chi connectivity index (χ2n) is 4.07. The number of nitrogens with one attached hydrogen (secondary N) is 1. The van der Waals surface area contributed by atoms with Crippen LogP contribution in [0.2, 0.25) is 0 Å². The van der Waals surface area contributed by atoms with Gasteiger partial charge in [0.1, 0.15) is 18.5 Å². The third-order valence-electron chi connectivity index (χ3n) is 2.81. The molecule has 0 unspecified atom stereocenters. The van der Waals surface area contributed by atoms with E-state index in [1.165, 1.54) is 0 Å². The predicted molar refractivity (Wildman–Crippen MR) is 63.4 cm³/mol. The Morgan fingerprint density at radius 1 is 1.60 bits per heavy atom. The molecule has 5 N–H and O–H groups in total. The van der Waals surface area contributed by atoms with Gasteiger partial charge >= 0.3 is 5.69 Å². The maximum atomic E-state index is 13.7. The van der Waals surface area contributed by atoms with Gasteiger partial charge in [-0.1, -0.05) is 0 Å². The van der Waals surface area contributed by atoms with E-state index >= 15 is 0 Å². The zero-order chi connectivity index (χ0) is 14.9. The number of anilines is 2. The first-order chi connectivity index (χ1) is 9.45. The van der Waals surface area contributed by atoms with Crippen LogP contribution in [0.3, 0.4) is 0 Å². The van der Waals surface area contributed by atoms with Crippen molar-refractivity contribution in [1.82, 2.24) is 9.97 Å². The van der Waals surface area contributed by atoms with Gasteiger partial charge in [0.2, 0.25) is 11.6 Å². The number of halogens is 1. The Kier molecular flexibility index (Phi) is 3.92. The zero-order valence-corrected chi connectivity index (χ0v) is 10.0. The Labute approximate surface area is 111 Å². The lowest BCUT2D eigenvalue weighted by molar-refractivity contribution is -0.383. The van der Waals surface area contributed by atoms with Gasteiger partial charge in [0, 0.05) is 0 Å². The molecule has 2 rings (SSSR count). The summed E-state index contributed by atoms with van der Waals surface area (Å²) in [5, 5.41) is 31.5. The minimum Gasteiger partial charge on any atom is -0.394 e. The van der Waals surface area contributed by atoms with Crippen LogP contribution >= 0.6 is 0 Å². The number of nitrogens with zero attached hydrogens (tertiary/aromatic N) is 3. The summed E-state index contributed by atoms with van der Waals surface area (Å²) in [6.07, 6.45) is -4.98. The number of aromatic nitrogens is 2. The summed E-state index contributed by atoms with van der Waals surface area (Å²) in [4.78, 5) is 17.1. The normalized spacial score (nSPS) is 29.4. The number of alkyl halides is 1. The number of ether oxygens (including phenoxy) is 1. The molecule has 0 bridgehead atoms. The van der Waals surface area contributed by atoms with Crippen LogP contribution < -0.4 is 11.1 Å². The van der Waals surface area contributed by atoms with Gasteiger partial charge in [-0.25, -0.2) is 14.4 Å². The van der Waals surface area contributed by atoms with E-state index in [9.17, 15) is 19.6 Å². The van der Waals surface area contributed by atoms with E-state index in [2.05, 4.69) is 15.3 Å². The van der Waals surface area contributed by atoms with Crippen molar-refractivity contribution in [1.29, 1.82) is 0 Å². The molecule has 20 heavy (non-hydrogen) atoms. The van der Waals surface area contributed by atoms with Gasteiger partial charge in [-0.15, -0.1) is 0 Å². The van der Waals surface area contributed by atoms with Crippen molar-refractivity contribution < 1.29 is 24.3 Å². The topological polar surface area (TPSA) is 157 Å². The van der Waals surface area contributed by atoms with Crippen molar-refractivity contribution in [2.24, 2.45) is 0 Å². The maximum Gasteiger partial charge on any atom is 0.353 e. The second kappa shape index (κ2) is 5.48. The van der Waals surface area contributed by atoms with Crippen LogP contribution in [0.15, 0.2) is 6.33 Å². The monoisotopic (exact) mass is 289 g/mol. The first kappa shape index (κ1) is 14.3. The highest BCUT2D eigenvalue weighted by atomic mass is 19.1. The van der Waals surface area contributed by atoms with Gasteiger partial charge in [0.15, 0.2) is 12.4 Å². The number of hydrogen-bond donors (Lipinski definition) is 4. The molecular weight excluding hydrogens is 277 g/mol. The first-order valence-corrected chi connectivity index (χ1v) is 5.55. The van der Waals surface area contributed by atoms with E-state index in [0.29, 0.717) is 0 Å². The number of aliphatic hydroxyl groups excluding tert-OH is 2. The van der Waals surface area contributed by atoms with E-state index in [4.69, 9.17) is 15.6 Å². The van der Waals surface area contributed by atoms with Crippen LogP contribution in [0.25, 0.3) is 0 Å². The van der Waals surface area contributed by atoms with Gasteiger partial charge in [-0.3, -0.25) is 10.1 Å². The summed E-state index contributed by atoms with van der Waals surface area (Å²) in [7, 11) is 0. The van der Waals surface area contributed by atoms with E-state index in [0.717, 1.165) is 6.33 Å². The highest BCUT2D eigenvalue weighted by Gasteiger charge is 2.44. The SMILES string of the molecule is Nc1ncnc(N[C@@H]2O[C@H](CO)[C@@H](O)[C@H]2F)c1[N+](=O)[O-]. The van der Waals surface area contributed by atoms with E-state index in [1.807, 2.05) is 0 Å². The number of rotatable bonds is 4. The van der Waals surface area contributed by atoms with Crippen molar-refractivity contribution >= 4 is 17.3 Å². The fourth-order valence-corrected chi connectivity index (χ4v) is 1.81. The van der Waals surface area contributed by atoms with Crippen LogP contribution in [-0.2, 0) is 4.74 Å². The minimum absolute atomic E-state index is 0.332. The average molecular weight is 289 g/mol. The fraction of sp³-hybridized carbons (Fsp3) is 0.556. The molecule has 0 saturated carbocycles. The van der Waals surface area contributed by atoms with Crippen molar-refractivity contribution in [2.75, 3.05) is 17.7 Å². The molecule has 10 nitrogen and oxygen atoms in total. The highest BCUT2D eigenvalue weighted by molar-refractivity contribution is 5.67. The standard InChI is InChI=1S/C9H12FN5O5/c10-4-6(17)3(1-16)20-9(4)14-8-5(15(18)19)7(11)12-2-13-8/h2-4,6,9,16-17H,1H2,(H3,11,12,13,14)/t3-,4-,6-,9-/m1/s1. The van der Waals surface area contributed by atoms with Gasteiger partial charge in [0.05, 0.1) is 11.5 Å². The third kappa shape index (κ3) is 2.45. The van der Waals surface area contributed by atoms with Gasteiger partial charge in [-0.2, -0.15) is 0 Å². The zero-order valence-electron chi connectivity index (χ0n) is 10.0. The quantitative estimate of drug-likeness (QED) is 0.394. The molecule has 110 valence electrons. The van der Waals surface area contributed by atoms with Crippen LogP contribution in [0.5, 0.6) is 0 Å². The van der Waals surface area contributed by atoms with E-state index < -0.39 is 41.8 Å². The molecule has 0 spiro atoms. The molecule has 1 aliphatic rings. The number of nitrogen functional groups attached to an aromatic ring is 1. The smallest absolute Gasteiger partial charge is 0.353 e. The molecule has 0 aliphatic carbocycles. The molecule has 0 amide bonds. The molecule has 1 fully saturated rings. The van der Waals surface area contributed by atoms with Gasteiger partial charge in [0.25, 0.3) is 0 Å². The van der Waals surface area contributed by atoms with Crippen LogP contribution in [-0.4, -0.2) is 56.3 Å². The number of hydrogen-bond acceptors (Lipinski definition) is 9. The Bertz CT molecular complexity index is 518. The summed E-state index contributed by atoms with van der Waals surface area (Å²) in [6.45, 7) is -0.590. The molecule has 1 saturated heterocycles. The Morgan fingerprint density at radius 3 is 2.85 bits per heavy atom. The van der Waals surface area contributed by atoms with E-state index in [1.54, 1.807) is 0 Å². The molecule has 1 aromatic rings. The Morgan fingerprint density at radius 2 is 2.30 bits per heavy atom. The summed E-state index contributed by atoms with van der Waals surface area (Å²) in [5.41, 5.74) is 4.74. The molecule has 11 heteroatoms. The average Bonchev–Trinajstić information content (AvgIpc) is 2.66. The van der Waals surface area contributed by atoms with Crippen molar-refractivity contribution in [3.05, 3.63) is 16.4 Å². The predicted octanol–water partition coefficient (Wildman–Crippen LogP) is -1.20. The highest BCUT2D eigenvalue weighted by Crippen LogP contribution is 2.30. The van der Waals surface area contributed by atoms with Crippen molar-refractivity contribution in [2.45, 2.75) is 24.6 Å². The van der Waals surface area contributed by atoms with Crippen molar-refractivity contribution in [3.8, 4) is 0 Å². The lowest BCUT2D eigenvalue weighted by Gasteiger charge is -2.15. The van der Waals surface area contributed by atoms with Crippen LogP contribution in [0, 0.1) is 10.1 Å². The summed E-state index contributed by atoms with van der Waals surface area (Å²) in [6, 6.07) is 0. The fourth-order valence-electron chi connectivity index (χ4n) is 1.81. The Hall–Kier alpha value is -2.11. The summed E-state index contributed by atoms with van der Waals surface area (Å²) >= 11 is 0. The molecule has 2 heterocycles. The lowest BCUT2D eigenvalue weighted by Crippen LogP contribution is -2.33. The second-order valence-corrected chi connectivity index (χ2v) is 4.07. The lowest BCUT2D eigenvalue weighted by atomic mass is 10.1. The summed E-state index contributed by atoms with van der Waals surface area (Å²) in [5.74, 6) is -0.721. The molecule has 4 atom stereocenters. The molecular formula is C9H12FN5O5. The molecule has 0 radical (unpaired) electrons. The van der Waals surface area contributed by atoms with Gasteiger partial charge < -0.3 is 26.0 Å². The van der Waals surface area contributed by atoms with Crippen LogP contribution in [0.4, 0.5) is 21.7 Å². The van der Waals surface area contributed by atoms with E-state index in [-0.39, 0.29) is 11.6 Å². The number of aliphatic hydroxyl groups is 2. The van der Waals surface area contributed by atoms with Crippen LogP contribution in [0.1, 0.15) is 0 Å². The molecule has 0 aromatic carbocycles. The summed E-state index contributed by atoms with van der Waals surface area (Å²) < 4.78 is 18.7. The number of nitrogens with two attached hydrogens (primary N) is 1. The number of nitro groups is 1. The van der Waals surface area contributed by atoms with Crippen molar-refractivity contribution in [3.63, 3.8) is 0 Å².